The van der Waals surface area contributed by atoms with Crippen LogP contribution >= 0.6 is 0 Å². The zero-order valence-corrected chi connectivity index (χ0v) is 10.9. The van der Waals surface area contributed by atoms with Crippen LogP contribution in [-0.4, -0.2) is 5.78 Å². The largest absolute Gasteiger partial charge is 0.289 e. The molecular weight excluding hydrogens is 232 g/mol. The molecule has 4 rings (SSSR count). The van der Waals surface area contributed by atoms with Crippen molar-refractivity contribution >= 4 is 5.78 Å². The first-order valence-electron chi connectivity index (χ1n) is 7.09. The minimum atomic E-state index is 0.214. The van der Waals surface area contributed by atoms with Gasteiger partial charge in [-0.05, 0) is 48.3 Å². The summed E-state index contributed by atoms with van der Waals surface area (Å²) < 4.78 is 0. The molecule has 0 radical (unpaired) electrons. The Balaban J connectivity index is 1.90. The van der Waals surface area contributed by atoms with Gasteiger partial charge >= 0.3 is 0 Å². The molecule has 94 valence electrons. The quantitative estimate of drug-likeness (QED) is 0.748. The van der Waals surface area contributed by atoms with Gasteiger partial charge in [-0.3, -0.25) is 4.79 Å². The third kappa shape index (κ3) is 1.73. The molecule has 0 amide bonds. The fourth-order valence-electron chi connectivity index (χ4n) is 3.24. The highest BCUT2D eigenvalue weighted by molar-refractivity contribution is 6.11. The molecule has 1 fully saturated rings. The molecule has 2 aliphatic carbocycles. The van der Waals surface area contributed by atoms with Crippen LogP contribution in [0.3, 0.4) is 0 Å². The molecule has 0 saturated heterocycles. The van der Waals surface area contributed by atoms with Crippen LogP contribution in [0.25, 0.3) is 0 Å². The minimum absolute atomic E-state index is 0.214. The second-order valence-corrected chi connectivity index (χ2v) is 5.63. The lowest BCUT2D eigenvalue weighted by Crippen LogP contribution is -2.05. The van der Waals surface area contributed by atoms with E-state index in [0.29, 0.717) is 5.92 Å². The number of carbonyl (C=O) groups excluding carboxylic acids is 1. The maximum atomic E-state index is 12.7. The highest BCUT2D eigenvalue weighted by atomic mass is 16.1. The Morgan fingerprint density at radius 2 is 1.63 bits per heavy atom. The Kier molecular flexibility index (Phi) is 2.34. The van der Waals surface area contributed by atoms with Gasteiger partial charge in [-0.2, -0.15) is 0 Å². The van der Waals surface area contributed by atoms with E-state index in [1.165, 1.54) is 29.5 Å². The lowest BCUT2D eigenvalue weighted by molar-refractivity contribution is 0.103. The van der Waals surface area contributed by atoms with Crippen LogP contribution in [0.1, 0.15) is 51.4 Å². The average Bonchev–Trinajstić information content (AvgIpc) is 3.28. The fourth-order valence-corrected chi connectivity index (χ4v) is 3.24. The van der Waals surface area contributed by atoms with Gasteiger partial charge in [-0.1, -0.05) is 42.5 Å². The van der Waals surface area contributed by atoms with Gasteiger partial charge in [0.2, 0.25) is 0 Å². The van der Waals surface area contributed by atoms with Crippen molar-refractivity contribution in [3.8, 4) is 0 Å². The van der Waals surface area contributed by atoms with Gasteiger partial charge in [0.1, 0.15) is 0 Å². The summed E-state index contributed by atoms with van der Waals surface area (Å²) in [5.74, 6) is 0.926. The number of rotatable bonds is 1. The van der Waals surface area contributed by atoms with E-state index in [-0.39, 0.29) is 5.78 Å². The summed E-state index contributed by atoms with van der Waals surface area (Å²) in [5, 5.41) is 0. The van der Waals surface area contributed by atoms with E-state index in [9.17, 15) is 4.79 Å². The van der Waals surface area contributed by atoms with Gasteiger partial charge in [-0.15, -0.1) is 0 Å². The van der Waals surface area contributed by atoms with Crippen LogP contribution in [0.2, 0.25) is 0 Å². The standard InChI is InChI=1S/C18H16O/c19-18-15-5-2-1-4-12(15)10-11-16-14(13-8-9-13)6-3-7-17(16)18/h1-7,13H,8-11H2. The summed E-state index contributed by atoms with van der Waals surface area (Å²) in [6.07, 6.45) is 4.57. The van der Waals surface area contributed by atoms with Crippen LogP contribution < -0.4 is 0 Å². The third-order valence-electron chi connectivity index (χ3n) is 4.38. The van der Waals surface area contributed by atoms with Crippen molar-refractivity contribution in [2.75, 3.05) is 0 Å². The van der Waals surface area contributed by atoms with E-state index in [1.807, 2.05) is 24.3 Å². The van der Waals surface area contributed by atoms with Crippen molar-refractivity contribution in [3.05, 3.63) is 70.3 Å². The molecule has 0 heterocycles. The van der Waals surface area contributed by atoms with Crippen LogP contribution in [0.4, 0.5) is 0 Å². The Morgan fingerprint density at radius 1 is 0.842 bits per heavy atom. The second-order valence-electron chi connectivity index (χ2n) is 5.63. The first-order chi connectivity index (χ1) is 9.34. The molecule has 1 heteroatoms. The summed E-state index contributed by atoms with van der Waals surface area (Å²) in [6.45, 7) is 0. The maximum absolute atomic E-state index is 12.7. The number of hydrogen-bond acceptors (Lipinski definition) is 1. The van der Waals surface area contributed by atoms with Crippen molar-refractivity contribution < 1.29 is 4.79 Å². The molecule has 19 heavy (non-hydrogen) atoms. The second kappa shape index (κ2) is 4.06. The molecule has 0 atom stereocenters. The molecule has 0 N–H and O–H groups in total. The molecule has 1 nitrogen and oxygen atoms in total. The molecule has 0 spiro atoms. The highest BCUT2D eigenvalue weighted by Gasteiger charge is 2.29. The van der Waals surface area contributed by atoms with Gasteiger partial charge in [0.15, 0.2) is 5.78 Å². The topological polar surface area (TPSA) is 17.1 Å². The monoisotopic (exact) mass is 248 g/mol. The van der Waals surface area contributed by atoms with E-state index < -0.39 is 0 Å². The van der Waals surface area contributed by atoms with Gasteiger partial charge in [0.05, 0.1) is 0 Å². The van der Waals surface area contributed by atoms with Crippen molar-refractivity contribution in [1.29, 1.82) is 0 Å². The zero-order chi connectivity index (χ0) is 12.8. The summed E-state index contributed by atoms with van der Waals surface area (Å²) in [5.41, 5.74) is 5.78. The summed E-state index contributed by atoms with van der Waals surface area (Å²) in [7, 11) is 0. The van der Waals surface area contributed by atoms with Crippen LogP contribution in [-0.2, 0) is 12.8 Å². The number of aryl methyl sites for hydroxylation is 1. The van der Waals surface area contributed by atoms with Gasteiger partial charge in [0.25, 0.3) is 0 Å². The average molecular weight is 248 g/mol. The SMILES string of the molecule is O=C1c2ccccc2CCc2c1cccc2C1CC1. The first kappa shape index (κ1) is 11.0. The summed E-state index contributed by atoms with van der Waals surface area (Å²) in [4.78, 5) is 12.7. The van der Waals surface area contributed by atoms with Crippen molar-refractivity contribution in [2.45, 2.75) is 31.6 Å². The predicted octanol–water partition coefficient (Wildman–Crippen LogP) is 3.89. The number of benzene rings is 2. The van der Waals surface area contributed by atoms with Gasteiger partial charge < -0.3 is 0 Å². The zero-order valence-electron chi connectivity index (χ0n) is 10.9. The van der Waals surface area contributed by atoms with Crippen molar-refractivity contribution in [3.63, 3.8) is 0 Å². The molecule has 2 aromatic carbocycles. The Morgan fingerprint density at radius 3 is 2.47 bits per heavy atom. The molecular formula is C18H16O. The Labute approximate surface area is 113 Å². The van der Waals surface area contributed by atoms with Crippen LogP contribution in [0.15, 0.2) is 42.5 Å². The van der Waals surface area contributed by atoms with Crippen molar-refractivity contribution in [1.82, 2.24) is 0 Å². The van der Waals surface area contributed by atoms with Crippen molar-refractivity contribution in [2.24, 2.45) is 0 Å². The van der Waals surface area contributed by atoms with E-state index in [1.54, 1.807) is 0 Å². The number of fused-ring (bicyclic) bond motifs is 2. The smallest absolute Gasteiger partial charge is 0.193 e. The molecule has 0 aromatic heterocycles. The van der Waals surface area contributed by atoms with E-state index in [2.05, 4.69) is 18.2 Å². The summed E-state index contributed by atoms with van der Waals surface area (Å²) in [6, 6.07) is 14.3. The lowest BCUT2D eigenvalue weighted by Gasteiger charge is -2.10. The number of ketones is 1. The summed E-state index contributed by atoms with van der Waals surface area (Å²) >= 11 is 0. The molecule has 1 saturated carbocycles. The van der Waals surface area contributed by atoms with E-state index >= 15 is 0 Å². The first-order valence-corrected chi connectivity index (χ1v) is 7.09. The van der Waals surface area contributed by atoms with Gasteiger partial charge in [-0.25, -0.2) is 0 Å². The maximum Gasteiger partial charge on any atom is 0.193 e. The molecule has 2 aliphatic rings. The highest BCUT2D eigenvalue weighted by Crippen LogP contribution is 2.43. The normalized spacial score (nSPS) is 17.6. The number of carbonyl (C=O) groups is 1. The molecule has 0 unspecified atom stereocenters. The predicted molar refractivity (Wildman–Crippen MR) is 75.7 cm³/mol. The van der Waals surface area contributed by atoms with Crippen LogP contribution in [0.5, 0.6) is 0 Å². The Bertz CT molecular complexity index is 665. The number of hydrogen-bond donors (Lipinski definition) is 0. The van der Waals surface area contributed by atoms with Gasteiger partial charge in [0, 0.05) is 11.1 Å². The third-order valence-corrected chi connectivity index (χ3v) is 4.38. The van der Waals surface area contributed by atoms with E-state index in [4.69, 9.17) is 0 Å². The molecule has 0 aliphatic heterocycles. The van der Waals surface area contributed by atoms with Crippen LogP contribution in [0, 0.1) is 0 Å². The molecule has 0 bridgehead atoms. The minimum Gasteiger partial charge on any atom is -0.289 e. The lowest BCUT2D eigenvalue weighted by atomic mass is 9.93. The Hall–Kier alpha value is -1.89. The fraction of sp³-hybridized carbons (Fsp3) is 0.278. The molecule has 2 aromatic rings. The van der Waals surface area contributed by atoms with E-state index in [0.717, 1.165) is 24.0 Å².